The Balaban J connectivity index is 1.44. The summed E-state index contributed by atoms with van der Waals surface area (Å²) >= 11 is 0. The molecule has 0 aliphatic rings. The monoisotopic (exact) mass is 542 g/mol. The average molecular weight is 543 g/mol. The molecule has 0 amide bonds. The number of esters is 3. The summed E-state index contributed by atoms with van der Waals surface area (Å²) in [4.78, 5) is 36.2. The maximum absolute atomic E-state index is 12.6. The van der Waals surface area contributed by atoms with Crippen LogP contribution in [0.15, 0.2) is 103 Å². The minimum atomic E-state index is -0.511. The van der Waals surface area contributed by atoms with Crippen LogP contribution in [-0.4, -0.2) is 31.1 Å². The Morgan fingerprint density at radius 1 is 0.775 bits per heavy atom. The highest BCUT2D eigenvalue weighted by Crippen LogP contribution is 2.24. The van der Waals surface area contributed by atoms with Crippen molar-refractivity contribution in [1.82, 2.24) is 0 Å². The highest BCUT2D eigenvalue weighted by atomic mass is 16.6. The summed E-state index contributed by atoms with van der Waals surface area (Å²) in [6, 6.07) is 23.9. The molecule has 3 aromatic carbocycles. The quantitative estimate of drug-likeness (QED) is 0.104. The van der Waals surface area contributed by atoms with Crippen LogP contribution in [0.25, 0.3) is 11.1 Å². The van der Waals surface area contributed by atoms with Crippen molar-refractivity contribution in [2.75, 3.05) is 13.2 Å². The molecule has 3 aromatic rings. The van der Waals surface area contributed by atoms with Crippen LogP contribution in [0.4, 0.5) is 0 Å². The van der Waals surface area contributed by atoms with Crippen LogP contribution < -0.4 is 14.2 Å². The van der Waals surface area contributed by atoms with Crippen molar-refractivity contribution < 1.29 is 33.3 Å². The lowest BCUT2D eigenvalue weighted by Gasteiger charge is -2.15. The van der Waals surface area contributed by atoms with Gasteiger partial charge in [0.05, 0.1) is 5.92 Å². The van der Waals surface area contributed by atoms with Crippen LogP contribution >= 0.6 is 0 Å². The summed E-state index contributed by atoms with van der Waals surface area (Å²) in [5.74, 6) is -0.331. The number of hydrogen-bond donors (Lipinski definition) is 0. The highest BCUT2D eigenvalue weighted by molar-refractivity contribution is 5.89. The van der Waals surface area contributed by atoms with E-state index in [9.17, 15) is 14.4 Å². The fourth-order valence-corrected chi connectivity index (χ4v) is 3.93. The van der Waals surface area contributed by atoms with Crippen molar-refractivity contribution in [3.05, 3.63) is 103 Å². The van der Waals surface area contributed by atoms with Crippen molar-refractivity contribution in [2.24, 2.45) is 11.8 Å². The standard InChI is InChI=1S/C33H34O7/c1-5-31(34)38-20-19-37-28-15-17-30(18-16-28)40-33(36)25(4)22-23(2)21-24(3)32(35)39-29-13-11-27(12-14-29)26-9-7-6-8-10-26/h5-18,22-24H,1,19-21H2,2-4H3/b25-22+. The molecule has 0 radical (unpaired) electrons. The molecule has 0 aliphatic carbocycles. The molecule has 3 rings (SSSR count). The number of carbonyl (C=O) groups is 3. The molecule has 2 unspecified atom stereocenters. The molecule has 40 heavy (non-hydrogen) atoms. The van der Waals surface area contributed by atoms with Crippen LogP contribution in [-0.2, 0) is 19.1 Å². The van der Waals surface area contributed by atoms with Crippen LogP contribution in [0.2, 0.25) is 0 Å². The summed E-state index contributed by atoms with van der Waals surface area (Å²) < 4.78 is 21.3. The molecular weight excluding hydrogens is 508 g/mol. The Bertz CT molecular complexity index is 1310. The fraction of sp³-hybridized carbons (Fsp3) is 0.242. The molecule has 0 spiro atoms. The predicted octanol–water partition coefficient (Wildman–Crippen LogP) is 6.58. The molecule has 0 bridgehead atoms. The molecule has 7 heteroatoms. The number of hydrogen-bond acceptors (Lipinski definition) is 7. The van der Waals surface area contributed by atoms with Crippen molar-refractivity contribution in [3.8, 4) is 28.4 Å². The Hall–Kier alpha value is -4.65. The summed E-state index contributed by atoms with van der Waals surface area (Å²) in [6.07, 6.45) is 3.39. The van der Waals surface area contributed by atoms with E-state index in [-0.39, 0.29) is 31.0 Å². The van der Waals surface area contributed by atoms with Gasteiger partial charge in [-0.2, -0.15) is 0 Å². The first-order chi connectivity index (χ1) is 19.2. The lowest BCUT2D eigenvalue weighted by atomic mass is 9.95. The van der Waals surface area contributed by atoms with E-state index in [1.807, 2.05) is 56.3 Å². The van der Waals surface area contributed by atoms with Gasteiger partial charge in [0.1, 0.15) is 30.5 Å². The molecule has 208 valence electrons. The normalized spacial score (nSPS) is 12.5. The number of ether oxygens (including phenoxy) is 4. The number of carbonyl (C=O) groups excluding carboxylic acids is 3. The van der Waals surface area contributed by atoms with E-state index in [0.29, 0.717) is 29.2 Å². The zero-order valence-electron chi connectivity index (χ0n) is 23.0. The molecule has 0 fully saturated rings. The Morgan fingerprint density at radius 3 is 2.00 bits per heavy atom. The number of rotatable bonds is 13. The lowest BCUT2D eigenvalue weighted by molar-refractivity contribution is -0.139. The zero-order chi connectivity index (χ0) is 28.9. The summed E-state index contributed by atoms with van der Waals surface area (Å²) in [6.45, 7) is 9.04. The van der Waals surface area contributed by atoms with Gasteiger partial charge < -0.3 is 18.9 Å². The van der Waals surface area contributed by atoms with Crippen molar-refractivity contribution in [3.63, 3.8) is 0 Å². The van der Waals surface area contributed by atoms with E-state index in [1.165, 1.54) is 0 Å². The van der Waals surface area contributed by atoms with E-state index < -0.39 is 11.9 Å². The van der Waals surface area contributed by atoms with Gasteiger partial charge in [0.2, 0.25) is 0 Å². The molecule has 0 aromatic heterocycles. The second-order valence-electron chi connectivity index (χ2n) is 9.36. The molecule has 0 N–H and O–H groups in total. The maximum atomic E-state index is 12.6. The largest absolute Gasteiger partial charge is 0.490 e. The van der Waals surface area contributed by atoms with Crippen LogP contribution in [0.3, 0.4) is 0 Å². The topological polar surface area (TPSA) is 88.1 Å². The van der Waals surface area contributed by atoms with Gasteiger partial charge >= 0.3 is 17.9 Å². The van der Waals surface area contributed by atoms with Gasteiger partial charge in [-0.05, 0) is 66.8 Å². The minimum absolute atomic E-state index is 0.0541. The highest BCUT2D eigenvalue weighted by Gasteiger charge is 2.19. The second kappa shape index (κ2) is 15.1. The summed E-state index contributed by atoms with van der Waals surface area (Å²) in [5, 5.41) is 0. The van der Waals surface area contributed by atoms with Crippen molar-refractivity contribution in [1.29, 1.82) is 0 Å². The third-order valence-corrected chi connectivity index (χ3v) is 5.96. The first kappa shape index (κ1) is 29.9. The third-order valence-electron chi connectivity index (χ3n) is 5.96. The number of benzene rings is 3. The molecular formula is C33H34O7. The van der Waals surface area contributed by atoms with Crippen LogP contribution in [0.1, 0.15) is 27.2 Å². The molecule has 2 atom stereocenters. The van der Waals surface area contributed by atoms with Gasteiger partial charge in [-0.15, -0.1) is 0 Å². The molecule has 0 heterocycles. The molecule has 7 nitrogen and oxygen atoms in total. The van der Waals surface area contributed by atoms with Gasteiger partial charge in [0.15, 0.2) is 0 Å². The van der Waals surface area contributed by atoms with Crippen LogP contribution in [0.5, 0.6) is 17.2 Å². The molecule has 0 aliphatic heterocycles. The summed E-state index contributed by atoms with van der Waals surface area (Å²) in [7, 11) is 0. The van der Waals surface area contributed by atoms with E-state index in [2.05, 4.69) is 6.58 Å². The van der Waals surface area contributed by atoms with E-state index in [0.717, 1.165) is 17.2 Å². The Kier molecular flexibility index (Phi) is 11.3. The van der Waals surface area contributed by atoms with E-state index in [1.54, 1.807) is 49.4 Å². The van der Waals surface area contributed by atoms with Gasteiger partial charge in [-0.3, -0.25) is 4.79 Å². The van der Waals surface area contributed by atoms with E-state index in [4.69, 9.17) is 18.9 Å². The summed E-state index contributed by atoms with van der Waals surface area (Å²) in [5.41, 5.74) is 2.58. The SMILES string of the molecule is C=CC(=O)OCCOc1ccc(OC(=O)/C(C)=C/C(C)CC(C)C(=O)Oc2ccc(-c3ccccc3)cc2)cc1. The van der Waals surface area contributed by atoms with Gasteiger partial charge in [0, 0.05) is 11.6 Å². The lowest BCUT2D eigenvalue weighted by Crippen LogP contribution is -2.20. The fourth-order valence-electron chi connectivity index (χ4n) is 3.93. The van der Waals surface area contributed by atoms with Crippen LogP contribution in [0, 0.1) is 11.8 Å². The average Bonchev–Trinajstić information content (AvgIpc) is 2.96. The zero-order valence-corrected chi connectivity index (χ0v) is 23.0. The minimum Gasteiger partial charge on any atom is -0.490 e. The van der Waals surface area contributed by atoms with Gasteiger partial charge in [-0.25, -0.2) is 9.59 Å². The Labute approximate surface area is 235 Å². The van der Waals surface area contributed by atoms with Crippen molar-refractivity contribution >= 4 is 17.9 Å². The van der Waals surface area contributed by atoms with Crippen molar-refractivity contribution in [2.45, 2.75) is 27.2 Å². The molecule has 0 saturated carbocycles. The predicted molar refractivity (Wildman–Crippen MR) is 153 cm³/mol. The number of allylic oxidation sites excluding steroid dienone is 1. The second-order valence-corrected chi connectivity index (χ2v) is 9.36. The first-order valence-corrected chi connectivity index (χ1v) is 13.0. The third kappa shape index (κ3) is 9.58. The Morgan fingerprint density at radius 2 is 1.35 bits per heavy atom. The maximum Gasteiger partial charge on any atom is 0.338 e. The van der Waals surface area contributed by atoms with Gasteiger partial charge in [-0.1, -0.05) is 69.0 Å². The van der Waals surface area contributed by atoms with E-state index >= 15 is 0 Å². The van der Waals surface area contributed by atoms with Gasteiger partial charge in [0.25, 0.3) is 0 Å². The first-order valence-electron chi connectivity index (χ1n) is 13.0. The smallest absolute Gasteiger partial charge is 0.338 e. The molecule has 0 saturated heterocycles.